The highest BCUT2D eigenvalue weighted by molar-refractivity contribution is 7.91. The lowest BCUT2D eigenvalue weighted by Crippen LogP contribution is -2.04. The molecule has 0 fully saturated rings. The van der Waals surface area contributed by atoms with Gasteiger partial charge in [0.15, 0.2) is 0 Å². The van der Waals surface area contributed by atoms with Crippen LogP contribution in [0.2, 0.25) is 0 Å². The lowest BCUT2D eigenvalue weighted by atomic mass is 10.1. The molecule has 3 N–H and O–H groups in total. The Bertz CT molecular complexity index is 991. The number of benzene rings is 2. The zero-order valence-electron chi connectivity index (χ0n) is 13.7. The van der Waals surface area contributed by atoms with Crippen LogP contribution in [0.5, 0.6) is 5.75 Å². The Balaban J connectivity index is 2.15. The molecule has 0 saturated carbocycles. The minimum atomic E-state index is -3.61. The quantitative estimate of drug-likeness (QED) is 0.745. The standard InChI is InChI=1S/C18H20N2O3S/c1-12-16(8-9-19)17-11-15(6-7-18(17)20-12)24(21,22)14-5-3-4-13(10-14)23-2/h3-7,10-11,20H,8-9,19H2,1-2H3. The number of aromatic nitrogens is 1. The summed E-state index contributed by atoms with van der Waals surface area (Å²) in [6.07, 6.45) is 0.703. The zero-order chi connectivity index (χ0) is 17.3. The molecule has 1 aromatic heterocycles. The Morgan fingerprint density at radius 1 is 1.12 bits per heavy atom. The fourth-order valence-electron chi connectivity index (χ4n) is 2.90. The van der Waals surface area contributed by atoms with Gasteiger partial charge in [-0.1, -0.05) is 6.07 Å². The third-order valence-corrected chi connectivity index (χ3v) is 5.90. The first-order valence-corrected chi connectivity index (χ1v) is 9.16. The topological polar surface area (TPSA) is 85.2 Å². The van der Waals surface area contributed by atoms with E-state index in [0.29, 0.717) is 18.7 Å². The van der Waals surface area contributed by atoms with Crippen LogP contribution in [-0.4, -0.2) is 27.1 Å². The number of methoxy groups -OCH3 is 1. The van der Waals surface area contributed by atoms with E-state index < -0.39 is 9.84 Å². The lowest BCUT2D eigenvalue weighted by Gasteiger charge is -2.07. The third-order valence-electron chi connectivity index (χ3n) is 4.15. The van der Waals surface area contributed by atoms with Crippen LogP contribution in [0, 0.1) is 6.92 Å². The van der Waals surface area contributed by atoms with E-state index in [1.807, 2.05) is 6.92 Å². The summed E-state index contributed by atoms with van der Waals surface area (Å²) >= 11 is 0. The minimum absolute atomic E-state index is 0.217. The summed E-state index contributed by atoms with van der Waals surface area (Å²) in [6.45, 7) is 2.49. The van der Waals surface area contributed by atoms with Gasteiger partial charge in [0.25, 0.3) is 0 Å². The van der Waals surface area contributed by atoms with Gasteiger partial charge in [0.2, 0.25) is 9.84 Å². The fourth-order valence-corrected chi connectivity index (χ4v) is 4.22. The number of H-pyrrole nitrogens is 1. The van der Waals surface area contributed by atoms with Crippen LogP contribution in [-0.2, 0) is 16.3 Å². The molecule has 0 radical (unpaired) electrons. The number of ether oxygens (including phenoxy) is 1. The molecule has 0 aliphatic carbocycles. The van der Waals surface area contributed by atoms with Gasteiger partial charge in [-0.05, 0) is 61.9 Å². The second-order valence-electron chi connectivity index (χ2n) is 5.66. The highest BCUT2D eigenvalue weighted by Crippen LogP contribution is 2.29. The molecule has 2 aromatic carbocycles. The molecule has 0 unspecified atom stereocenters. The van der Waals surface area contributed by atoms with Crippen molar-refractivity contribution in [1.29, 1.82) is 0 Å². The maximum absolute atomic E-state index is 12.9. The average Bonchev–Trinajstić information content (AvgIpc) is 2.90. The van der Waals surface area contributed by atoms with Crippen LogP contribution in [0.4, 0.5) is 0 Å². The summed E-state index contributed by atoms with van der Waals surface area (Å²) in [5.41, 5.74) is 8.68. The number of fused-ring (bicyclic) bond motifs is 1. The Kier molecular flexibility index (Phi) is 4.34. The molecule has 24 heavy (non-hydrogen) atoms. The second-order valence-corrected chi connectivity index (χ2v) is 7.61. The van der Waals surface area contributed by atoms with Crippen molar-refractivity contribution in [3.8, 4) is 5.75 Å². The number of aromatic amines is 1. The number of rotatable bonds is 5. The normalized spacial score (nSPS) is 11.8. The summed E-state index contributed by atoms with van der Waals surface area (Å²) < 4.78 is 31.0. The van der Waals surface area contributed by atoms with Gasteiger partial charge in [0.05, 0.1) is 16.9 Å². The van der Waals surface area contributed by atoms with Crippen molar-refractivity contribution in [2.24, 2.45) is 5.73 Å². The summed E-state index contributed by atoms with van der Waals surface area (Å²) in [7, 11) is -2.10. The summed E-state index contributed by atoms with van der Waals surface area (Å²) in [6, 6.07) is 11.6. The van der Waals surface area contributed by atoms with Crippen LogP contribution < -0.4 is 10.5 Å². The molecule has 3 rings (SSSR count). The van der Waals surface area contributed by atoms with Gasteiger partial charge >= 0.3 is 0 Å². The lowest BCUT2D eigenvalue weighted by molar-refractivity contribution is 0.413. The van der Waals surface area contributed by atoms with Crippen molar-refractivity contribution in [2.45, 2.75) is 23.1 Å². The van der Waals surface area contributed by atoms with E-state index in [9.17, 15) is 8.42 Å². The molecule has 0 bridgehead atoms. The second kappa shape index (κ2) is 6.30. The maximum Gasteiger partial charge on any atom is 0.206 e. The minimum Gasteiger partial charge on any atom is -0.497 e. The van der Waals surface area contributed by atoms with Gasteiger partial charge in [-0.15, -0.1) is 0 Å². The summed E-state index contributed by atoms with van der Waals surface area (Å²) in [5.74, 6) is 0.512. The van der Waals surface area contributed by atoms with Crippen molar-refractivity contribution < 1.29 is 13.2 Å². The molecule has 1 heterocycles. The Labute approximate surface area is 141 Å². The van der Waals surface area contributed by atoms with Gasteiger partial charge in [-0.2, -0.15) is 0 Å². The molecule has 0 saturated heterocycles. The monoisotopic (exact) mass is 344 g/mol. The highest BCUT2D eigenvalue weighted by Gasteiger charge is 2.20. The molecule has 0 amide bonds. The first-order chi connectivity index (χ1) is 11.5. The van der Waals surface area contributed by atoms with E-state index in [4.69, 9.17) is 10.5 Å². The summed E-state index contributed by atoms with van der Waals surface area (Å²) in [5, 5.41) is 0.905. The maximum atomic E-state index is 12.9. The fraction of sp³-hybridized carbons (Fsp3) is 0.222. The number of nitrogens with two attached hydrogens (primary N) is 1. The average molecular weight is 344 g/mol. The van der Waals surface area contributed by atoms with E-state index in [0.717, 1.165) is 22.2 Å². The first-order valence-electron chi connectivity index (χ1n) is 7.68. The Hall–Kier alpha value is -2.31. The zero-order valence-corrected chi connectivity index (χ0v) is 14.5. The molecule has 0 aliphatic rings. The van der Waals surface area contributed by atoms with Gasteiger partial charge < -0.3 is 15.5 Å². The molecule has 126 valence electrons. The largest absolute Gasteiger partial charge is 0.497 e. The van der Waals surface area contributed by atoms with Crippen molar-refractivity contribution >= 4 is 20.7 Å². The SMILES string of the molecule is COc1cccc(S(=O)(=O)c2ccc3[nH]c(C)c(CCN)c3c2)c1. The van der Waals surface area contributed by atoms with Crippen LogP contribution in [0.15, 0.2) is 52.3 Å². The van der Waals surface area contributed by atoms with E-state index in [-0.39, 0.29) is 9.79 Å². The molecule has 5 nitrogen and oxygen atoms in total. The van der Waals surface area contributed by atoms with E-state index in [1.54, 1.807) is 36.4 Å². The van der Waals surface area contributed by atoms with E-state index >= 15 is 0 Å². The van der Waals surface area contributed by atoms with Crippen molar-refractivity contribution in [2.75, 3.05) is 13.7 Å². The van der Waals surface area contributed by atoms with Crippen molar-refractivity contribution in [3.63, 3.8) is 0 Å². The van der Waals surface area contributed by atoms with Crippen LogP contribution >= 0.6 is 0 Å². The summed E-state index contributed by atoms with van der Waals surface area (Å²) in [4.78, 5) is 3.76. The van der Waals surface area contributed by atoms with Gasteiger partial charge in [0, 0.05) is 16.6 Å². The van der Waals surface area contributed by atoms with Gasteiger partial charge in [-0.25, -0.2) is 8.42 Å². The Morgan fingerprint density at radius 2 is 1.88 bits per heavy atom. The first kappa shape index (κ1) is 16.5. The van der Waals surface area contributed by atoms with Crippen molar-refractivity contribution in [1.82, 2.24) is 4.98 Å². The van der Waals surface area contributed by atoms with Gasteiger partial charge in [-0.3, -0.25) is 0 Å². The van der Waals surface area contributed by atoms with Crippen LogP contribution in [0.3, 0.4) is 0 Å². The number of nitrogens with one attached hydrogen (secondary N) is 1. The smallest absolute Gasteiger partial charge is 0.206 e. The van der Waals surface area contributed by atoms with E-state index in [2.05, 4.69) is 4.98 Å². The predicted octanol–water partition coefficient (Wildman–Crippen LogP) is 2.82. The third kappa shape index (κ3) is 2.79. The predicted molar refractivity (Wildman–Crippen MR) is 94.2 cm³/mol. The molecule has 0 aliphatic heterocycles. The number of hydrogen-bond donors (Lipinski definition) is 2. The van der Waals surface area contributed by atoms with Crippen LogP contribution in [0.1, 0.15) is 11.3 Å². The molecule has 0 atom stereocenters. The highest BCUT2D eigenvalue weighted by atomic mass is 32.2. The number of hydrogen-bond acceptors (Lipinski definition) is 4. The molecule has 6 heteroatoms. The van der Waals surface area contributed by atoms with Crippen LogP contribution in [0.25, 0.3) is 10.9 Å². The number of sulfone groups is 1. The molecular formula is C18H20N2O3S. The Morgan fingerprint density at radius 3 is 2.58 bits per heavy atom. The molecule has 3 aromatic rings. The molecule has 0 spiro atoms. The van der Waals surface area contributed by atoms with Crippen molar-refractivity contribution in [3.05, 3.63) is 53.7 Å². The number of aryl methyl sites for hydroxylation is 1. The van der Waals surface area contributed by atoms with Gasteiger partial charge in [0.1, 0.15) is 5.75 Å². The van der Waals surface area contributed by atoms with E-state index in [1.165, 1.54) is 13.2 Å². The molecular weight excluding hydrogens is 324 g/mol.